The second-order valence-electron chi connectivity index (χ2n) is 5.98. The van der Waals surface area contributed by atoms with Gasteiger partial charge in [0.1, 0.15) is 0 Å². The molecule has 0 spiro atoms. The predicted molar refractivity (Wildman–Crippen MR) is 94.8 cm³/mol. The molecular formula is C19H18F3N3O. The van der Waals surface area contributed by atoms with E-state index in [1.165, 1.54) is 24.3 Å². The van der Waals surface area contributed by atoms with Gasteiger partial charge in [-0.25, -0.2) is 4.98 Å². The van der Waals surface area contributed by atoms with Crippen LogP contribution in [0, 0.1) is 0 Å². The zero-order chi connectivity index (χ0) is 18.6. The lowest BCUT2D eigenvalue weighted by atomic mass is 10.1. The summed E-state index contributed by atoms with van der Waals surface area (Å²) in [6, 6.07) is 10.6. The summed E-state index contributed by atoms with van der Waals surface area (Å²) in [5, 5.41) is 2.54. The molecule has 3 rings (SSSR count). The minimum atomic E-state index is -4.63. The number of aromatic nitrogens is 1. The minimum absolute atomic E-state index is 0.0545. The number of nitrogens with zero attached hydrogens (tertiary/aromatic N) is 2. The van der Waals surface area contributed by atoms with E-state index >= 15 is 0 Å². The van der Waals surface area contributed by atoms with Crippen molar-refractivity contribution in [3.05, 3.63) is 60.3 Å². The number of halogens is 3. The zero-order valence-electron chi connectivity index (χ0n) is 14.0. The first-order valence-electron chi connectivity index (χ1n) is 8.30. The molecule has 1 amide bonds. The van der Waals surface area contributed by atoms with E-state index in [1.54, 1.807) is 24.4 Å². The van der Waals surface area contributed by atoms with Gasteiger partial charge in [0.15, 0.2) is 5.82 Å². The van der Waals surface area contributed by atoms with Crippen LogP contribution in [-0.4, -0.2) is 30.2 Å². The Hall–Kier alpha value is -2.83. The van der Waals surface area contributed by atoms with Crippen molar-refractivity contribution in [3.63, 3.8) is 0 Å². The molecular weight excluding hydrogens is 343 g/mol. The van der Waals surface area contributed by atoms with Crippen molar-refractivity contribution in [2.75, 3.05) is 23.3 Å². The Bertz CT molecular complexity index is 797. The molecule has 1 aromatic carbocycles. The average Bonchev–Trinajstić information content (AvgIpc) is 3.14. The van der Waals surface area contributed by atoms with E-state index in [1.807, 2.05) is 4.90 Å². The normalized spacial score (nSPS) is 15.2. The first-order chi connectivity index (χ1) is 12.4. The summed E-state index contributed by atoms with van der Waals surface area (Å²) >= 11 is 0. The maximum atomic E-state index is 13.4. The third kappa shape index (κ3) is 4.22. The number of carbonyl (C=O) groups excluding carboxylic acids is 1. The predicted octanol–water partition coefficient (Wildman–Crippen LogP) is 4.27. The summed E-state index contributed by atoms with van der Waals surface area (Å²) in [7, 11) is 0. The third-order valence-corrected chi connectivity index (χ3v) is 4.12. The van der Waals surface area contributed by atoms with Gasteiger partial charge < -0.3 is 10.2 Å². The molecule has 1 fully saturated rings. The molecule has 1 saturated heterocycles. The Morgan fingerprint density at radius 3 is 2.42 bits per heavy atom. The highest BCUT2D eigenvalue weighted by Crippen LogP contribution is 2.34. The number of benzene rings is 1. The number of hydrogen-bond acceptors (Lipinski definition) is 3. The summed E-state index contributed by atoms with van der Waals surface area (Å²) < 4.78 is 40.1. The highest BCUT2D eigenvalue weighted by molar-refractivity contribution is 6.05. The first kappa shape index (κ1) is 18.0. The molecule has 7 heteroatoms. The Balaban J connectivity index is 1.86. The van der Waals surface area contributed by atoms with Gasteiger partial charge in [-0.05, 0) is 30.5 Å². The maximum absolute atomic E-state index is 13.4. The first-order valence-corrected chi connectivity index (χ1v) is 8.30. The number of rotatable bonds is 4. The largest absolute Gasteiger partial charge is 0.417 e. The number of nitrogens with one attached hydrogen (secondary N) is 1. The van der Waals surface area contributed by atoms with E-state index in [0.717, 1.165) is 25.9 Å². The number of pyridine rings is 1. The molecule has 1 aliphatic rings. The van der Waals surface area contributed by atoms with Gasteiger partial charge in [0, 0.05) is 25.4 Å². The molecule has 0 aliphatic carbocycles. The van der Waals surface area contributed by atoms with E-state index < -0.39 is 17.7 Å². The van der Waals surface area contributed by atoms with E-state index in [0.29, 0.717) is 17.6 Å². The average molecular weight is 361 g/mol. The highest BCUT2D eigenvalue weighted by Gasteiger charge is 2.35. The van der Waals surface area contributed by atoms with Gasteiger partial charge in [-0.1, -0.05) is 30.3 Å². The van der Waals surface area contributed by atoms with Crippen LogP contribution < -0.4 is 10.2 Å². The van der Waals surface area contributed by atoms with Crippen LogP contribution in [0.5, 0.6) is 0 Å². The topological polar surface area (TPSA) is 45.2 Å². The van der Waals surface area contributed by atoms with Gasteiger partial charge in [-0.3, -0.25) is 4.79 Å². The van der Waals surface area contributed by atoms with Crippen LogP contribution in [0.3, 0.4) is 0 Å². The molecule has 0 unspecified atom stereocenters. The fourth-order valence-electron chi connectivity index (χ4n) is 2.92. The molecule has 1 N–H and O–H groups in total. The zero-order valence-corrected chi connectivity index (χ0v) is 14.0. The van der Waals surface area contributed by atoms with Crippen LogP contribution >= 0.6 is 0 Å². The molecule has 26 heavy (non-hydrogen) atoms. The molecule has 0 saturated carbocycles. The summed E-state index contributed by atoms with van der Waals surface area (Å²) in [5.74, 6) is -0.255. The number of amides is 1. The van der Waals surface area contributed by atoms with Crippen molar-refractivity contribution in [1.29, 1.82) is 0 Å². The molecule has 136 valence electrons. The number of anilines is 2. The monoisotopic (exact) mass is 361 g/mol. The molecule has 1 aliphatic heterocycles. The molecule has 0 bridgehead atoms. The Labute approximate surface area is 149 Å². The maximum Gasteiger partial charge on any atom is 0.417 e. The van der Waals surface area contributed by atoms with Gasteiger partial charge in [-0.15, -0.1) is 0 Å². The number of alkyl halides is 3. The van der Waals surface area contributed by atoms with Crippen molar-refractivity contribution in [3.8, 4) is 0 Å². The lowest BCUT2D eigenvalue weighted by molar-refractivity contribution is -0.112. The number of carbonyl (C=O) groups is 1. The Kier molecular flexibility index (Phi) is 5.25. The SMILES string of the molecule is O=C(/C=C(\c1ccccc1)C(F)(F)F)Nc1cccnc1N1CCCC1. The van der Waals surface area contributed by atoms with Crippen LogP contribution in [0.2, 0.25) is 0 Å². The standard InChI is InChI=1S/C19H18F3N3O/c20-19(21,22)15(14-7-2-1-3-8-14)13-17(26)24-16-9-6-10-23-18(16)25-11-4-5-12-25/h1-3,6-10,13H,4-5,11-12H2,(H,24,26)/b15-13+. The molecule has 2 heterocycles. The van der Waals surface area contributed by atoms with Crippen LogP contribution in [0.15, 0.2) is 54.7 Å². The van der Waals surface area contributed by atoms with Gasteiger partial charge in [0.25, 0.3) is 0 Å². The highest BCUT2D eigenvalue weighted by atomic mass is 19.4. The molecule has 4 nitrogen and oxygen atoms in total. The van der Waals surface area contributed by atoms with Gasteiger partial charge >= 0.3 is 6.18 Å². The summed E-state index contributed by atoms with van der Waals surface area (Å²) in [4.78, 5) is 18.6. The van der Waals surface area contributed by atoms with Crippen molar-refractivity contribution < 1.29 is 18.0 Å². The molecule has 1 aromatic heterocycles. The number of allylic oxidation sites excluding steroid dienone is 1. The van der Waals surface area contributed by atoms with Crippen LogP contribution in [0.1, 0.15) is 18.4 Å². The second kappa shape index (κ2) is 7.59. The second-order valence-corrected chi connectivity index (χ2v) is 5.98. The van der Waals surface area contributed by atoms with E-state index in [-0.39, 0.29) is 5.56 Å². The Morgan fingerprint density at radius 2 is 1.77 bits per heavy atom. The minimum Gasteiger partial charge on any atom is -0.355 e. The van der Waals surface area contributed by atoms with Crippen LogP contribution in [0.4, 0.5) is 24.7 Å². The summed E-state index contributed by atoms with van der Waals surface area (Å²) in [6.07, 6.45) is -0.391. The fraction of sp³-hybridized carbons (Fsp3) is 0.263. The Morgan fingerprint density at radius 1 is 1.08 bits per heavy atom. The van der Waals surface area contributed by atoms with E-state index in [4.69, 9.17) is 0 Å². The van der Waals surface area contributed by atoms with Gasteiger partial charge in [-0.2, -0.15) is 13.2 Å². The van der Waals surface area contributed by atoms with E-state index in [9.17, 15) is 18.0 Å². The van der Waals surface area contributed by atoms with Crippen LogP contribution in [0.25, 0.3) is 5.57 Å². The van der Waals surface area contributed by atoms with Crippen molar-refractivity contribution in [2.24, 2.45) is 0 Å². The van der Waals surface area contributed by atoms with Gasteiger partial charge in [0.05, 0.1) is 11.3 Å². The lowest BCUT2D eigenvalue weighted by Crippen LogP contribution is -2.22. The smallest absolute Gasteiger partial charge is 0.355 e. The van der Waals surface area contributed by atoms with E-state index in [2.05, 4.69) is 10.3 Å². The van der Waals surface area contributed by atoms with Crippen molar-refractivity contribution >= 4 is 23.0 Å². The molecule has 0 radical (unpaired) electrons. The van der Waals surface area contributed by atoms with Crippen LogP contribution in [-0.2, 0) is 4.79 Å². The molecule has 0 atom stereocenters. The third-order valence-electron chi connectivity index (χ3n) is 4.12. The molecule has 2 aromatic rings. The van der Waals surface area contributed by atoms with Crippen molar-refractivity contribution in [1.82, 2.24) is 4.98 Å². The summed E-state index contributed by atoms with van der Waals surface area (Å²) in [6.45, 7) is 1.63. The fourth-order valence-corrected chi connectivity index (χ4v) is 2.92. The quantitative estimate of drug-likeness (QED) is 0.828. The lowest BCUT2D eigenvalue weighted by Gasteiger charge is -2.19. The van der Waals surface area contributed by atoms with Crippen molar-refractivity contribution in [2.45, 2.75) is 19.0 Å². The van der Waals surface area contributed by atoms with Gasteiger partial charge in [0.2, 0.25) is 5.91 Å². The number of hydrogen-bond donors (Lipinski definition) is 1. The summed E-state index contributed by atoms with van der Waals surface area (Å²) in [5.41, 5.74) is -0.631.